The second-order valence-electron chi connectivity index (χ2n) is 3.96. The van der Waals surface area contributed by atoms with Crippen molar-refractivity contribution in [2.24, 2.45) is 5.92 Å². The van der Waals surface area contributed by atoms with Gasteiger partial charge in [0.2, 0.25) is 0 Å². The first-order valence-corrected chi connectivity index (χ1v) is 6.29. The standard InChI is InChI=1S/C14H22O6/c1-4-13(15)19-8-6-7-18-10-12(9-17-3)11-20-14(16)5-2/h4-5,12H,1-2,6-11H2,3H3. The van der Waals surface area contributed by atoms with Gasteiger partial charge >= 0.3 is 11.9 Å². The van der Waals surface area contributed by atoms with Crippen LogP contribution in [0.4, 0.5) is 0 Å². The fourth-order valence-corrected chi connectivity index (χ4v) is 1.28. The van der Waals surface area contributed by atoms with Crippen molar-refractivity contribution in [3.8, 4) is 0 Å². The molecular weight excluding hydrogens is 264 g/mol. The minimum Gasteiger partial charge on any atom is -0.462 e. The van der Waals surface area contributed by atoms with Gasteiger partial charge in [-0.1, -0.05) is 13.2 Å². The largest absolute Gasteiger partial charge is 0.462 e. The zero-order valence-corrected chi connectivity index (χ0v) is 11.8. The van der Waals surface area contributed by atoms with Gasteiger partial charge in [0.05, 0.1) is 26.4 Å². The van der Waals surface area contributed by atoms with Gasteiger partial charge < -0.3 is 18.9 Å². The lowest BCUT2D eigenvalue weighted by atomic mass is 10.2. The molecule has 0 rings (SSSR count). The highest BCUT2D eigenvalue weighted by molar-refractivity contribution is 5.81. The number of methoxy groups -OCH3 is 1. The highest BCUT2D eigenvalue weighted by Gasteiger charge is 2.11. The van der Waals surface area contributed by atoms with Crippen molar-refractivity contribution < 1.29 is 28.5 Å². The average Bonchev–Trinajstić information content (AvgIpc) is 2.47. The summed E-state index contributed by atoms with van der Waals surface area (Å²) in [5.41, 5.74) is 0. The van der Waals surface area contributed by atoms with Gasteiger partial charge in [0, 0.05) is 38.2 Å². The second-order valence-corrected chi connectivity index (χ2v) is 3.96. The summed E-state index contributed by atoms with van der Waals surface area (Å²) < 4.78 is 20.2. The van der Waals surface area contributed by atoms with Crippen LogP contribution in [0.5, 0.6) is 0 Å². The first-order valence-electron chi connectivity index (χ1n) is 6.29. The van der Waals surface area contributed by atoms with Crippen molar-refractivity contribution in [2.45, 2.75) is 6.42 Å². The molecule has 6 nitrogen and oxygen atoms in total. The maximum atomic E-state index is 10.9. The first kappa shape index (κ1) is 18.3. The van der Waals surface area contributed by atoms with Crippen LogP contribution in [-0.2, 0) is 28.5 Å². The van der Waals surface area contributed by atoms with Crippen LogP contribution < -0.4 is 0 Å². The zero-order chi connectivity index (χ0) is 15.2. The molecule has 0 aromatic carbocycles. The molecule has 1 unspecified atom stereocenters. The summed E-state index contributed by atoms with van der Waals surface area (Å²) in [5.74, 6) is -0.958. The maximum Gasteiger partial charge on any atom is 0.330 e. The first-order chi connectivity index (χ1) is 9.63. The maximum absolute atomic E-state index is 10.9. The molecule has 0 radical (unpaired) electrons. The summed E-state index contributed by atoms with van der Waals surface area (Å²) in [6, 6.07) is 0. The number of esters is 2. The minimum absolute atomic E-state index is 0.0420. The Bertz CT molecular complexity index is 313. The van der Waals surface area contributed by atoms with Crippen LogP contribution in [0.25, 0.3) is 0 Å². The van der Waals surface area contributed by atoms with Crippen molar-refractivity contribution in [3.05, 3.63) is 25.3 Å². The Kier molecular flexibility index (Phi) is 11.4. The van der Waals surface area contributed by atoms with Crippen LogP contribution >= 0.6 is 0 Å². The summed E-state index contributed by atoms with van der Waals surface area (Å²) in [7, 11) is 1.57. The lowest BCUT2D eigenvalue weighted by Crippen LogP contribution is -2.23. The lowest BCUT2D eigenvalue weighted by Gasteiger charge is -2.15. The number of carbonyl (C=O) groups is 2. The molecule has 20 heavy (non-hydrogen) atoms. The van der Waals surface area contributed by atoms with Crippen molar-refractivity contribution >= 4 is 11.9 Å². The molecule has 6 heteroatoms. The molecule has 0 aromatic rings. The van der Waals surface area contributed by atoms with E-state index in [1.54, 1.807) is 7.11 Å². The smallest absolute Gasteiger partial charge is 0.330 e. The molecule has 0 spiro atoms. The fraction of sp³-hybridized carbons (Fsp3) is 0.571. The molecule has 0 heterocycles. The Morgan fingerprint density at radius 3 is 2.25 bits per heavy atom. The van der Waals surface area contributed by atoms with Crippen LogP contribution in [-0.4, -0.2) is 52.1 Å². The van der Waals surface area contributed by atoms with Gasteiger partial charge in [-0.2, -0.15) is 0 Å². The molecule has 0 N–H and O–H groups in total. The predicted molar refractivity (Wildman–Crippen MR) is 73.1 cm³/mol. The SMILES string of the molecule is C=CC(=O)OCCCOCC(COC)COC(=O)C=C. The molecular formula is C14H22O6. The van der Waals surface area contributed by atoms with E-state index in [9.17, 15) is 9.59 Å². The van der Waals surface area contributed by atoms with Crippen LogP contribution in [0, 0.1) is 5.92 Å². The van der Waals surface area contributed by atoms with E-state index < -0.39 is 11.9 Å². The molecule has 0 amide bonds. The van der Waals surface area contributed by atoms with Gasteiger partial charge in [0.1, 0.15) is 0 Å². The van der Waals surface area contributed by atoms with E-state index in [4.69, 9.17) is 18.9 Å². The normalized spacial score (nSPS) is 11.4. The van der Waals surface area contributed by atoms with E-state index in [2.05, 4.69) is 13.2 Å². The third kappa shape index (κ3) is 10.3. The number of carbonyl (C=O) groups excluding carboxylic acids is 2. The number of hydrogen-bond donors (Lipinski definition) is 0. The van der Waals surface area contributed by atoms with Crippen LogP contribution in [0.1, 0.15) is 6.42 Å². The quantitative estimate of drug-likeness (QED) is 0.304. The van der Waals surface area contributed by atoms with Gasteiger partial charge in [0.25, 0.3) is 0 Å². The summed E-state index contributed by atoms with van der Waals surface area (Å²) >= 11 is 0. The summed E-state index contributed by atoms with van der Waals surface area (Å²) in [5, 5.41) is 0. The summed E-state index contributed by atoms with van der Waals surface area (Å²) in [4.78, 5) is 21.7. The Balaban J connectivity index is 3.69. The third-order valence-electron chi connectivity index (χ3n) is 2.23. The zero-order valence-electron chi connectivity index (χ0n) is 11.8. The molecule has 114 valence electrons. The molecule has 0 aliphatic rings. The van der Waals surface area contributed by atoms with Gasteiger partial charge in [-0.3, -0.25) is 0 Å². The topological polar surface area (TPSA) is 71.1 Å². The highest BCUT2D eigenvalue weighted by Crippen LogP contribution is 2.01. The van der Waals surface area contributed by atoms with Crippen molar-refractivity contribution in [3.63, 3.8) is 0 Å². The third-order valence-corrected chi connectivity index (χ3v) is 2.23. The van der Waals surface area contributed by atoms with Gasteiger partial charge in [-0.15, -0.1) is 0 Å². The molecule has 0 bridgehead atoms. The van der Waals surface area contributed by atoms with E-state index in [-0.39, 0.29) is 19.1 Å². The van der Waals surface area contributed by atoms with E-state index in [1.165, 1.54) is 0 Å². The number of rotatable bonds is 12. The Labute approximate surface area is 119 Å². The number of hydrogen-bond acceptors (Lipinski definition) is 6. The minimum atomic E-state index is -0.470. The molecule has 1 atom stereocenters. The molecule has 0 fully saturated rings. The Hall–Kier alpha value is -1.66. The van der Waals surface area contributed by atoms with E-state index >= 15 is 0 Å². The van der Waals surface area contributed by atoms with Crippen LogP contribution in [0.3, 0.4) is 0 Å². The van der Waals surface area contributed by atoms with Crippen LogP contribution in [0.2, 0.25) is 0 Å². The summed E-state index contributed by atoms with van der Waals surface area (Å²) in [6.07, 6.45) is 2.81. The molecule has 0 aliphatic carbocycles. The second kappa shape index (κ2) is 12.4. The average molecular weight is 286 g/mol. The van der Waals surface area contributed by atoms with Crippen LogP contribution in [0.15, 0.2) is 25.3 Å². The van der Waals surface area contributed by atoms with Gasteiger partial charge in [0.15, 0.2) is 0 Å². The van der Waals surface area contributed by atoms with Crippen molar-refractivity contribution in [2.75, 3.05) is 40.1 Å². The Morgan fingerprint density at radius 1 is 1.00 bits per heavy atom. The van der Waals surface area contributed by atoms with E-state index in [1.807, 2.05) is 0 Å². The molecule has 0 saturated heterocycles. The lowest BCUT2D eigenvalue weighted by molar-refractivity contribution is -0.140. The van der Waals surface area contributed by atoms with E-state index in [0.717, 1.165) is 12.2 Å². The molecule has 0 saturated carbocycles. The Morgan fingerprint density at radius 2 is 1.65 bits per heavy atom. The summed E-state index contributed by atoms with van der Waals surface area (Å²) in [6.45, 7) is 8.37. The fourth-order valence-electron chi connectivity index (χ4n) is 1.28. The van der Waals surface area contributed by atoms with Gasteiger partial charge in [-0.05, 0) is 0 Å². The molecule has 0 aliphatic heterocycles. The van der Waals surface area contributed by atoms with Crippen molar-refractivity contribution in [1.82, 2.24) is 0 Å². The monoisotopic (exact) mass is 286 g/mol. The number of ether oxygens (including phenoxy) is 4. The van der Waals surface area contributed by atoms with E-state index in [0.29, 0.717) is 26.2 Å². The predicted octanol–water partition coefficient (Wildman–Crippen LogP) is 1.11. The van der Waals surface area contributed by atoms with Gasteiger partial charge in [-0.25, -0.2) is 9.59 Å². The highest BCUT2D eigenvalue weighted by atomic mass is 16.5. The molecule has 0 aromatic heterocycles. The van der Waals surface area contributed by atoms with Crippen molar-refractivity contribution in [1.29, 1.82) is 0 Å².